The predicted octanol–water partition coefficient (Wildman–Crippen LogP) is 2.72. The van der Waals surface area contributed by atoms with E-state index in [4.69, 9.17) is 16.6 Å². The molecule has 4 rings (SSSR count). The number of hydrogen-bond donors (Lipinski definition) is 2. The lowest BCUT2D eigenvalue weighted by Crippen LogP contribution is -2.64. The zero-order valence-electron chi connectivity index (χ0n) is 15.4. The van der Waals surface area contributed by atoms with Gasteiger partial charge in [-0.05, 0) is 35.9 Å². The highest BCUT2D eigenvalue weighted by atomic mass is 35.5. The SMILES string of the molecule is O=S(=O)(c1cccs1)N1CCC2(CC1)NCCN=C2NCc1ccccc1Cl. The van der Waals surface area contributed by atoms with Gasteiger partial charge in [-0.1, -0.05) is 35.9 Å². The molecule has 1 fully saturated rings. The van der Waals surface area contributed by atoms with Gasteiger partial charge in [-0.2, -0.15) is 4.31 Å². The van der Waals surface area contributed by atoms with Crippen molar-refractivity contribution in [2.24, 2.45) is 4.99 Å². The third kappa shape index (κ3) is 3.84. The van der Waals surface area contributed by atoms with Crippen molar-refractivity contribution in [1.82, 2.24) is 14.9 Å². The Morgan fingerprint density at radius 2 is 2.00 bits per heavy atom. The van der Waals surface area contributed by atoms with Crippen LogP contribution in [-0.4, -0.2) is 50.3 Å². The zero-order valence-corrected chi connectivity index (χ0v) is 17.8. The van der Waals surface area contributed by atoms with E-state index >= 15 is 0 Å². The largest absolute Gasteiger partial charge is 0.368 e. The normalized spacial score (nSPS) is 20.1. The van der Waals surface area contributed by atoms with E-state index < -0.39 is 10.0 Å². The molecule has 1 aromatic heterocycles. The summed E-state index contributed by atoms with van der Waals surface area (Å²) >= 11 is 7.53. The highest BCUT2D eigenvalue weighted by molar-refractivity contribution is 7.91. The first-order valence-corrected chi connectivity index (χ1v) is 12.0. The summed E-state index contributed by atoms with van der Waals surface area (Å²) in [5.74, 6) is 0.909. The van der Waals surface area contributed by atoms with Crippen LogP contribution in [-0.2, 0) is 16.6 Å². The average Bonchev–Trinajstić information content (AvgIpc) is 3.25. The van der Waals surface area contributed by atoms with Crippen molar-refractivity contribution in [1.29, 1.82) is 0 Å². The highest BCUT2D eigenvalue weighted by Gasteiger charge is 2.43. The molecule has 1 aromatic carbocycles. The summed E-state index contributed by atoms with van der Waals surface area (Å²) in [6.45, 7) is 3.05. The fourth-order valence-electron chi connectivity index (χ4n) is 3.80. The van der Waals surface area contributed by atoms with Crippen molar-refractivity contribution >= 4 is 38.8 Å². The minimum atomic E-state index is -3.41. The van der Waals surface area contributed by atoms with Crippen molar-refractivity contribution in [3.05, 3.63) is 52.4 Å². The monoisotopic (exact) mass is 438 g/mol. The van der Waals surface area contributed by atoms with Crippen LogP contribution in [0.2, 0.25) is 5.02 Å². The summed E-state index contributed by atoms with van der Waals surface area (Å²) < 4.78 is 27.6. The van der Waals surface area contributed by atoms with E-state index in [1.165, 1.54) is 11.3 Å². The van der Waals surface area contributed by atoms with E-state index in [0.29, 0.717) is 43.2 Å². The van der Waals surface area contributed by atoms with Crippen LogP contribution in [0.4, 0.5) is 0 Å². The number of piperidine rings is 1. The van der Waals surface area contributed by atoms with Crippen molar-refractivity contribution < 1.29 is 8.42 Å². The van der Waals surface area contributed by atoms with Gasteiger partial charge < -0.3 is 10.6 Å². The first kappa shape index (κ1) is 19.8. The molecule has 28 heavy (non-hydrogen) atoms. The minimum Gasteiger partial charge on any atom is -0.368 e. The fourth-order valence-corrected chi connectivity index (χ4v) is 6.59. The summed E-state index contributed by atoms with van der Waals surface area (Å²) in [6.07, 6.45) is 1.37. The molecule has 0 radical (unpaired) electrons. The maximum atomic E-state index is 12.8. The number of aliphatic imine (C=N–C) groups is 1. The number of rotatable bonds is 4. The number of nitrogens with zero attached hydrogens (tertiary/aromatic N) is 2. The van der Waals surface area contributed by atoms with Crippen molar-refractivity contribution in [3.8, 4) is 0 Å². The van der Waals surface area contributed by atoms with Crippen LogP contribution in [0.1, 0.15) is 18.4 Å². The standard InChI is InChI=1S/C19H23ClN4O2S2/c20-16-5-2-1-4-15(16)14-22-18-19(23-10-9-21-18)7-11-24(12-8-19)28(25,26)17-6-3-13-27-17/h1-6,13,23H,7-12,14H2,(H,21,22). The van der Waals surface area contributed by atoms with E-state index in [2.05, 4.69) is 10.6 Å². The van der Waals surface area contributed by atoms with Crippen LogP contribution in [0.3, 0.4) is 0 Å². The molecule has 3 heterocycles. The number of benzene rings is 1. The van der Waals surface area contributed by atoms with Gasteiger partial charge in [-0.3, -0.25) is 4.99 Å². The number of sulfonamides is 1. The van der Waals surface area contributed by atoms with E-state index in [1.54, 1.807) is 21.8 Å². The topological polar surface area (TPSA) is 73.8 Å². The quantitative estimate of drug-likeness (QED) is 0.769. The molecule has 2 aliphatic rings. The van der Waals surface area contributed by atoms with Gasteiger partial charge in [0.25, 0.3) is 10.0 Å². The molecule has 9 heteroatoms. The molecule has 0 atom stereocenters. The second-order valence-electron chi connectivity index (χ2n) is 7.02. The molecule has 2 N–H and O–H groups in total. The molecule has 0 aliphatic carbocycles. The number of nitrogens with one attached hydrogen (secondary N) is 2. The number of hydrogen-bond acceptors (Lipinski definition) is 6. The van der Waals surface area contributed by atoms with Crippen LogP contribution in [0.25, 0.3) is 0 Å². The Balaban J connectivity index is 1.46. The first-order valence-electron chi connectivity index (χ1n) is 9.32. The van der Waals surface area contributed by atoms with Crippen LogP contribution < -0.4 is 10.6 Å². The lowest BCUT2D eigenvalue weighted by molar-refractivity contribution is 0.241. The van der Waals surface area contributed by atoms with Gasteiger partial charge in [-0.15, -0.1) is 11.3 Å². The molecule has 6 nitrogen and oxygen atoms in total. The third-order valence-electron chi connectivity index (χ3n) is 5.37. The Kier molecular flexibility index (Phi) is 5.76. The van der Waals surface area contributed by atoms with Crippen molar-refractivity contribution in [2.75, 3.05) is 26.2 Å². The summed E-state index contributed by atoms with van der Waals surface area (Å²) in [5.41, 5.74) is 0.714. The van der Waals surface area contributed by atoms with Crippen LogP contribution in [0.15, 0.2) is 51.0 Å². The molecule has 0 bridgehead atoms. The number of halogens is 1. The highest BCUT2D eigenvalue weighted by Crippen LogP contribution is 2.30. The molecule has 1 saturated heterocycles. The molecule has 150 valence electrons. The minimum absolute atomic E-state index is 0.305. The zero-order chi connectivity index (χ0) is 19.6. The van der Waals surface area contributed by atoms with Crippen LogP contribution >= 0.6 is 22.9 Å². The Hall–Kier alpha value is -1.45. The van der Waals surface area contributed by atoms with Gasteiger partial charge in [0.2, 0.25) is 0 Å². The predicted molar refractivity (Wildman–Crippen MR) is 114 cm³/mol. The van der Waals surface area contributed by atoms with Crippen molar-refractivity contribution in [2.45, 2.75) is 29.1 Å². The second kappa shape index (κ2) is 8.12. The summed E-state index contributed by atoms with van der Waals surface area (Å²) in [7, 11) is -3.41. The van der Waals surface area contributed by atoms with Crippen LogP contribution in [0.5, 0.6) is 0 Å². The maximum Gasteiger partial charge on any atom is 0.252 e. The average molecular weight is 439 g/mol. The van der Waals surface area contributed by atoms with Gasteiger partial charge in [0, 0.05) is 31.2 Å². The Morgan fingerprint density at radius 3 is 2.71 bits per heavy atom. The van der Waals surface area contributed by atoms with Gasteiger partial charge in [-0.25, -0.2) is 8.42 Å². The van der Waals surface area contributed by atoms with Gasteiger partial charge in [0.1, 0.15) is 10.0 Å². The molecule has 1 spiro atoms. The van der Waals surface area contributed by atoms with Gasteiger partial charge >= 0.3 is 0 Å². The van der Waals surface area contributed by atoms with E-state index in [0.717, 1.165) is 23.0 Å². The fraction of sp³-hybridized carbons (Fsp3) is 0.421. The Bertz CT molecular complexity index is 952. The number of amidine groups is 1. The molecular weight excluding hydrogens is 416 g/mol. The summed E-state index contributed by atoms with van der Waals surface area (Å²) in [6, 6.07) is 11.2. The molecule has 0 saturated carbocycles. The second-order valence-corrected chi connectivity index (χ2v) is 10.5. The third-order valence-corrected chi connectivity index (χ3v) is 9.01. The molecule has 0 amide bonds. The van der Waals surface area contributed by atoms with E-state index in [-0.39, 0.29) is 5.54 Å². The Morgan fingerprint density at radius 1 is 1.21 bits per heavy atom. The van der Waals surface area contributed by atoms with Gasteiger partial charge in [0.05, 0.1) is 12.1 Å². The van der Waals surface area contributed by atoms with E-state index in [1.807, 2.05) is 24.3 Å². The lowest BCUT2D eigenvalue weighted by Gasteiger charge is -2.44. The number of thiophene rings is 1. The molecule has 2 aliphatic heterocycles. The van der Waals surface area contributed by atoms with Crippen molar-refractivity contribution in [3.63, 3.8) is 0 Å². The van der Waals surface area contributed by atoms with Crippen LogP contribution in [0, 0.1) is 0 Å². The smallest absolute Gasteiger partial charge is 0.252 e. The van der Waals surface area contributed by atoms with Gasteiger partial charge in [0.15, 0.2) is 0 Å². The summed E-state index contributed by atoms with van der Waals surface area (Å²) in [5, 5.41) is 9.58. The molecular formula is C19H23ClN4O2S2. The maximum absolute atomic E-state index is 12.8. The summed E-state index contributed by atoms with van der Waals surface area (Å²) in [4.78, 5) is 4.72. The Labute approximate surface area is 174 Å². The van der Waals surface area contributed by atoms with E-state index in [9.17, 15) is 8.42 Å². The first-order chi connectivity index (χ1) is 13.5. The molecule has 0 unspecified atom stereocenters. The lowest BCUT2D eigenvalue weighted by atomic mass is 9.85. The molecule has 2 aromatic rings.